The van der Waals surface area contributed by atoms with E-state index in [1.54, 1.807) is 7.11 Å². The number of benzene rings is 1. The Hall–Kier alpha value is -1.20. The maximum atomic E-state index is 5.39. The van der Waals surface area contributed by atoms with Gasteiger partial charge in [-0.15, -0.1) is 0 Å². The van der Waals surface area contributed by atoms with E-state index in [4.69, 9.17) is 17.0 Å². The molecule has 2 aromatic rings. The summed E-state index contributed by atoms with van der Waals surface area (Å²) in [6.07, 6.45) is 1.61. The molecule has 0 atom stereocenters. The fourth-order valence-electron chi connectivity index (χ4n) is 2.22. The molecule has 3 nitrogen and oxygen atoms in total. The molecule has 21 heavy (non-hydrogen) atoms. The van der Waals surface area contributed by atoms with Crippen molar-refractivity contribution in [3.8, 4) is 5.75 Å². The second kappa shape index (κ2) is 7.18. The topological polar surface area (TPSA) is 37.9 Å². The zero-order chi connectivity index (χ0) is 15.4. The van der Waals surface area contributed by atoms with Gasteiger partial charge in [-0.25, -0.2) is 4.98 Å². The third kappa shape index (κ3) is 4.14. The number of methoxy groups -OCH3 is 1. The van der Waals surface area contributed by atoms with E-state index < -0.39 is 0 Å². The lowest BCUT2D eigenvalue weighted by molar-refractivity contribution is 0.410. The summed E-state index contributed by atoms with van der Waals surface area (Å²) in [6.45, 7) is 4.37. The van der Waals surface area contributed by atoms with Crippen molar-refractivity contribution in [1.29, 1.82) is 0 Å². The van der Waals surface area contributed by atoms with Crippen molar-refractivity contribution in [3.05, 3.63) is 50.5 Å². The van der Waals surface area contributed by atoms with Crippen LogP contribution in [0.4, 0.5) is 0 Å². The van der Waals surface area contributed by atoms with Crippen LogP contribution in [0, 0.1) is 10.6 Å². The summed E-state index contributed by atoms with van der Waals surface area (Å²) in [4.78, 5) is 7.87. The van der Waals surface area contributed by atoms with Gasteiger partial charge in [0, 0.05) is 17.7 Å². The Morgan fingerprint density at radius 3 is 2.71 bits per heavy atom. The van der Waals surface area contributed by atoms with Crippen LogP contribution in [0.15, 0.2) is 28.7 Å². The highest BCUT2D eigenvalue weighted by molar-refractivity contribution is 9.10. The number of nitrogens with zero attached hydrogens (tertiary/aromatic N) is 1. The van der Waals surface area contributed by atoms with E-state index in [2.05, 4.69) is 39.7 Å². The van der Waals surface area contributed by atoms with Crippen LogP contribution >= 0.6 is 28.1 Å². The van der Waals surface area contributed by atoms with E-state index in [0.29, 0.717) is 17.0 Å². The Kier molecular flexibility index (Phi) is 5.53. The number of para-hydroxylation sites is 1. The predicted octanol–water partition coefficient (Wildman–Crippen LogP) is 4.70. The Labute approximate surface area is 138 Å². The van der Waals surface area contributed by atoms with E-state index in [9.17, 15) is 0 Å². The molecule has 0 bridgehead atoms. The van der Waals surface area contributed by atoms with Crippen molar-refractivity contribution in [1.82, 2.24) is 9.97 Å². The standard InChI is InChI=1S/C16H19BrN2OS/c1-10(2)8-12-15(17)16(21)19-14(18-12)9-11-6-4-5-7-13(11)20-3/h4-7,10H,8-9H2,1-3H3,(H,18,19,21). The lowest BCUT2D eigenvalue weighted by Crippen LogP contribution is -2.06. The molecule has 0 saturated carbocycles. The van der Waals surface area contributed by atoms with Gasteiger partial charge in [0.1, 0.15) is 16.2 Å². The van der Waals surface area contributed by atoms with Crippen molar-refractivity contribution in [2.45, 2.75) is 26.7 Å². The largest absolute Gasteiger partial charge is 0.496 e. The Bertz CT molecular complexity index is 682. The molecule has 1 heterocycles. The molecule has 1 aromatic heterocycles. The van der Waals surface area contributed by atoms with Crippen LogP contribution in [-0.2, 0) is 12.8 Å². The first-order valence-electron chi connectivity index (χ1n) is 6.90. The maximum absolute atomic E-state index is 5.39. The van der Waals surface area contributed by atoms with Gasteiger partial charge in [-0.1, -0.05) is 44.3 Å². The van der Waals surface area contributed by atoms with Crippen molar-refractivity contribution in [2.75, 3.05) is 7.11 Å². The normalized spacial score (nSPS) is 10.9. The molecule has 0 amide bonds. The van der Waals surface area contributed by atoms with Gasteiger partial charge >= 0.3 is 0 Å². The molecular weight excluding hydrogens is 348 g/mol. The first-order valence-corrected chi connectivity index (χ1v) is 8.10. The predicted molar refractivity (Wildman–Crippen MR) is 91.5 cm³/mol. The fraction of sp³-hybridized carbons (Fsp3) is 0.375. The zero-order valence-corrected chi connectivity index (χ0v) is 14.8. The highest BCUT2D eigenvalue weighted by Crippen LogP contribution is 2.23. The van der Waals surface area contributed by atoms with E-state index in [0.717, 1.165) is 33.7 Å². The highest BCUT2D eigenvalue weighted by atomic mass is 79.9. The number of rotatable bonds is 5. The van der Waals surface area contributed by atoms with Gasteiger partial charge in [-0.3, -0.25) is 0 Å². The summed E-state index contributed by atoms with van der Waals surface area (Å²) in [5.74, 6) is 2.28. The number of hydrogen-bond acceptors (Lipinski definition) is 3. The van der Waals surface area contributed by atoms with E-state index in [-0.39, 0.29) is 0 Å². The minimum absolute atomic E-state index is 0.550. The number of aromatic nitrogens is 2. The minimum atomic E-state index is 0.550. The average molecular weight is 367 g/mol. The smallest absolute Gasteiger partial charge is 0.144 e. The van der Waals surface area contributed by atoms with E-state index in [1.165, 1.54) is 0 Å². The van der Waals surface area contributed by atoms with Gasteiger partial charge in [-0.05, 0) is 34.3 Å². The van der Waals surface area contributed by atoms with Gasteiger partial charge in [0.2, 0.25) is 0 Å². The molecule has 0 spiro atoms. The average Bonchev–Trinajstić information content (AvgIpc) is 2.44. The monoisotopic (exact) mass is 366 g/mol. The van der Waals surface area contributed by atoms with Crippen molar-refractivity contribution >= 4 is 28.1 Å². The third-order valence-electron chi connectivity index (χ3n) is 3.15. The number of aromatic amines is 1. The van der Waals surface area contributed by atoms with Crippen LogP contribution in [0.3, 0.4) is 0 Å². The van der Waals surface area contributed by atoms with E-state index >= 15 is 0 Å². The second-order valence-electron chi connectivity index (χ2n) is 5.37. The lowest BCUT2D eigenvalue weighted by atomic mass is 10.1. The van der Waals surface area contributed by atoms with E-state index in [1.807, 2.05) is 24.3 Å². The van der Waals surface area contributed by atoms with Crippen molar-refractivity contribution < 1.29 is 4.74 Å². The number of ether oxygens (including phenoxy) is 1. The summed E-state index contributed by atoms with van der Waals surface area (Å²) < 4.78 is 6.89. The van der Waals surface area contributed by atoms with Gasteiger partial charge < -0.3 is 9.72 Å². The maximum Gasteiger partial charge on any atom is 0.144 e. The van der Waals surface area contributed by atoms with Gasteiger partial charge in [0.25, 0.3) is 0 Å². The van der Waals surface area contributed by atoms with Gasteiger partial charge in [-0.2, -0.15) is 0 Å². The zero-order valence-electron chi connectivity index (χ0n) is 12.4. The second-order valence-corrected chi connectivity index (χ2v) is 6.55. The summed E-state index contributed by atoms with van der Waals surface area (Å²) in [6, 6.07) is 7.96. The minimum Gasteiger partial charge on any atom is -0.496 e. The Morgan fingerprint density at radius 1 is 1.33 bits per heavy atom. The fourth-order valence-corrected chi connectivity index (χ4v) is 2.80. The molecule has 5 heteroatoms. The number of halogens is 1. The molecular formula is C16H19BrN2OS. The number of nitrogens with one attached hydrogen (secondary N) is 1. The van der Waals surface area contributed by atoms with Crippen LogP contribution in [0.25, 0.3) is 0 Å². The van der Waals surface area contributed by atoms with Gasteiger partial charge in [0.05, 0.1) is 11.6 Å². The van der Waals surface area contributed by atoms with Crippen molar-refractivity contribution in [3.63, 3.8) is 0 Å². The summed E-state index contributed by atoms with van der Waals surface area (Å²) >= 11 is 8.88. The molecule has 2 rings (SSSR count). The molecule has 1 aromatic carbocycles. The molecule has 0 saturated heterocycles. The van der Waals surface area contributed by atoms with Crippen LogP contribution in [0.1, 0.15) is 30.9 Å². The molecule has 0 aliphatic carbocycles. The van der Waals surface area contributed by atoms with Crippen molar-refractivity contribution in [2.24, 2.45) is 5.92 Å². The summed E-state index contributed by atoms with van der Waals surface area (Å²) in [5.41, 5.74) is 2.20. The number of H-pyrrole nitrogens is 1. The van der Waals surface area contributed by atoms with Crippen LogP contribution in [-0.4, -0.2) is 17.1 Å². The third-order valence-corrected chi connectivity index (χ3v) is 4.56. The number of hydrogen-bond donors (Lipinski definition) is 1. The first kappa shape index (κ1) is 16.2. The molecule has 0 aliphatic heterocycles. The molecule has 112 valence electrons. The van der Waals surface area contributed by atoms with Crippen LogP contribution in [0.5, 0.6) is 5.75 Å². The summed E-state index contributed by atoms with van der Waals surface area (Å²) in [7, 11) is 1.68. The molecule has 0 aliphatic rings. The molecule has 0 unspecified atom stereocenters. The van der Waals surface area contributed by atoms with Crippen LogP contribution in [0.2, 0.25) is 0 Å². The SMILES string of the molecule is COc1ccccc1Cc1nc(=S)c(Br)c(CC(C)C)[nH]1. The first-order chi connectivity index (χ1) is 10.0. The lowest BCUT2D eigenvalue weighted by Gasteiger charge is -2.12. The molecule has 0 fully saturated rings. The Balaban J connectivity index is 2.36. The molecule has 1 N–H and O–H groups in total. The highest BCUT2D eigenvalue weighted by Gasteiger charge is 2.10. The summed E-state index contributed by atoms with van der Waals surface area (Å²) in [5, 5.41) is 0. The Morgan fingerprint density at radius 2 is 2.05 bits per heavy atom. The molecule has 0 radical (unpaired) electrons. The van der Waals surface area contributed by atoms with Crippen LogP contribution < -0.4 is 4.74 Å². The quantitative estimate of drug-likeness (QED) is 0.779. The van der Waals surface area contributed by atoms with Gasteiger partial charge in [0.15, 0.2) is 0 Å².